The average Bonchev–Trinajstić information content (AvgIpc) is 2.85. The van der Waals surface area contributed by atoms with Gasteiger partial charge in [0.05, 0.1) is 0 Å². The smallest absolute Gasteiger partial charge is 0.224 e. The summed E-state index contributed by atoms with van der Waals surface area (Å²) in [5.74, 6) is -0.200. The van der Waals surface area contributed by atoms with Gasteiger partial charge in [0, 0.05) is 30.1 Å². The molecular formula is C13H14ClFN2O. The van der Waals surface area contributed by atoms with Gasteiger partial charge in [-0.2, -0.15) is 0 Å². The van der Waals surface area contributed by atoms with Crippen LogP contribution in [0.3, 0.4) is 0 Å². The molecule has 1 aromatic rings. The maximum Gasteiger partial charge on any atom is 0.224 e. The number of halogens is 2. The first-order valence-corrected chi connectivity index (χ1v) is 6.50. The van der Waals surface area contributed by atoms with Crippen LogP contribution in [0.1, 0.15) is 18.4 Å². The van der Waals surface area contributed by atoms with Crippen molar-refractivity contribution in [2.45, 2.75) is 31.5 Å². The lowest BCUT2D eigenvalue weighted by molar-refractivity contribution is -0.129. The molecule has 3 rings (SSSR count). The molecule has 96 valence electrons. The third kappa shape index (κ3) is 1.99. The second kappa shape index (κ2) is 4.52. The van der Waals surface area contributed by atoms with E-state index in [2.05, 4.69) is 5.32 Å². The molecule has 3 nitrogen and oxygen atoms in total. The Kier molecular flexibility index (Phi) is 2.99. The van der Waals surface area contributed by atoms with E-state index in [1.165, 1.54) is 12.1 Å². The van der Waals surface area contributed by atoms with E-state index in [9.17, 15) is 9.18 Å². The predicted octanol–water partition coefficient (Wildman–Crippen LogP) is 1.94. The Hall–Kier alpha value is -1.13. The average molecular weight is 269 g/mol. The molecule has 2 atom stereocenters. The van der Waals surface area contributed by atoms with Crippen molar-refractivity contribution in [1.82, 2.24) is 10.2 Å². The van der Waals surface area contributed by atoms with Crippen LogP contribution in [-0.4, -0.2) is 29.4 Å². The highest BCUT2D eigenvalue weighted by atomic mass is 35.5. The summed E-state index contributed by atoms with van der Waals surface area (Å²) >= 11 is 6.00. The molecule has 2 heterocycles. The molecule has 1 aromatic carbocycles. The zero-order chi connectivity index (χ0) is 12.7. The lowest BCUT2D eigenvalue weighted by atomic mass is 10.1. The van der Waals surface area contributed by atoms with Crippen LogP contribution in [0.4, 0.5) is 4.39 Å². The van der Waals surface area contributed by atoms with E-state index in [-0.39, 0.29) is 23.8 Å². The molecule has 5 heteroatoms. The molecule has 2 fully saturated rings. The van der Waals surface area contributed by atoms with Crippen LogP contribution < -0.4 is 5.32 Å². The molecule has 2 aliphatic rings. The number of benzene rings is 1. The van der Waals surface area contributed by atoms with Crippen molar-refractivity contribution in [3.8, 4) is 0 Å². The molecule has 0 aromatic heterocycles. The number of likely N-dealkylation sites (tertiary alicyclic amines) is 1. The van der Waals surface area contributed by atoms with E-state index < -0.39 is 0 Å². The molecule has 0 radical (unpaired) electrons. The predicted molar refractivity (Wildman–Crippen MR) is 66.8 cm³/mol. The van der Waals surface area contributed by atoms with Crippen molar-refractivity contribution in [1.29, 1.82) is 0 Å². The van der Waals surface area contributed by atoms with Gasteiger partial charge in [0.1, 0.15) is 5.82 Å². The molecule has 0 aliphatic carbocycles. The normalized spacial score (nSPS) is 26.8. The summed E-state index contributed by atoms with van der Waals surface area (Å²) in [6.07, 6.45) is 1.54. The SMILES string of the molecule is O=C1C[C@@H]2NCC[C@@H]2N1Cc1ccc(F)cc1Cl. The van der Waals surface area contributed by atoms with Crippen LogP contribution in [0.2, 0.25) is 5.02 Å². The minimum atomic E-state index is -0.350. The lowest BCUT2D eigenvalue weighted by Crippen LogP contribution is -2.35. The number of amides is 1. The van der Waals surface area contributed by atoms with Crippen molar-refractivity contribution < 1.29 is 9.18 Å². The number of nitrogens with zero attached hydrogens (tertiary/aromatic N) is 1. The number of carbonyl (C=O) groups excluding carboxylic acids is 1. The Morgan fingerprint density at radius 1 is 1.50 bits per heavy atom. The molecule has 1 amide bonds. The monoisotopic (exact) mass is 268 g/mol. The third-order valence-corrected chi connectivity index (χ3v) is 4.13. The van der Waals surface area contributed by atoms with Crippen molar-refractivity contribution in [2.75, 3.05) is 6.54 Å². The highest BCUT2D eigenvalue weighted by Crippen LogP contribution is 2.29. The summed E-state index contributed by atoms with van der Waals surface area (Å²) in [5, 5.41) is 3.72. The Morgan fingerprint density at radius 3 is 3.11 bits per heavy atom. The zero-order valence-electron chi connectivity index (χ0n) is 9.83. The number of rotatable bonds is 2. The van der Waals surface area contributed by atoms with Gasteiger partial charge in [-0.1, -0.05) is 17.7 Å². The highest BCUT2D eigenvalue weighted by Gasteiger charge is 2.42. The number of hydrogen-bond acceptors (Lipinski definition) is 2. The van der Waals surface area contributed by atoms with Gasteiger partial charge in [-0.05, 0) is 30.7 Å². The second-order valence-electron chi connectivity index (χ2n) is 4.88. The lowest BCUT2D eigenvalue weighted by Gasteiger charge is -2.24. The van der Waals surface area contributed by atoms with Crippen LogP contribution >= 0.6 is 11.6 Å². The molecule has 0 spiro atoms. The van der Waals surface area contributed by atoms with Gasteiger partial charge in [-0.25, -0.2) is 4.39 Å². The van der Waals surface area contributed by atoms with E-state index in [1.807, 2.05) is 4.90 Å². The molecule has 18 heavy (non-hydrogen) atoms. The van der Waals surface area contributed by atoms with Crippen LogP contribution in [0, 0.1) is 5.82 Å². The van der Waals surface area contributed by atoms with Crippen molar-refractivity contribution >= 4 is 17.5 Å². The minimum absolute atomic E-state index is 0.151. The van der Waals surface area contributed by atoms with Crippen molar-refractivity contribution in [3.05, 3.63) is 34.6 Å². The van der Waals surface area contributed by atoms with Gasteiger partial charge in [0.15, 0.2) is 0 Å². The molecule has 2 saturated heterocycles. The molecule has 1 N–H and O–H groups in total. The number of nitrogens with one attached hydrogen (secondary N) is 1. The van der Waals surface area contributed by atoms with E-state index in [0.717, 1.165) is 18.5 Å². The van der Waals surface area contributed by atoms with Gasteiger partial charge in [0.25, 0.3) is 0 Å². The van der Waals surface area contributed by atoms with E-state index in [0.29, 0.717) is 18.0 Å². The van der Waals surface area contributed by atoms with Gasteiger partial charge < -0.3 is 10.2 Å². The van der Waals surface area contributed by atoms with Gasteiger partial charge in [0.2, 0.25) is 5.91 Å². The first-order chi connectivity index (χ1) is 8.65. The standard InChI is InChI=1S/C13H14ClFN2O/c14-10-5-9(15)2-1-8(10)7-17-12-3-4-16-11(12)6-13(17)18/h1-2,5,11-12,16H,3-4,6-7H2/t11-,12-/m0/s1. The summed E-state index contributed by atoms with van der Waals surface area (Å²) in [7, 11) is 0. The van der Waals surface area contributed by atoms with Crippen molar-refractivity contribution in [3.63, 3.8) is 0 Å². The van der Waals surface area contributed by atoms with Crippen LogP contribution in [0.5, 0.6) is 0 Å². The van der Waals surface area contributed by atoms with E-state index >= 15 is 0 Å². The number of hydrogen-bond donors (Lipinski definition) is 1. The van der Waals surface area contributed by atoms with Gasteiger partial charge in [-0.3, -0.25) is 4.79 Å². The first kappa shape index (κ1) is 11.9. The Labute approximate surface area is 110 Å². The number of carbonyl (C=O) groups is 1. The highest BCUT2D eigenvalue weighted by molar-refractivity contribution is 6.31. The van der Waals surface area contributed by atoms with Gasteiger partial charge >= 0.3 is 0 Å². The van der Waals surface area contributed by atoms with Crippen LogP contribution in [0.25, 0.3) is 0 Å². The quantitative estimate of drug-likeness (QED) is 0.889. The summed E-state index contributed by atoms with van der Waals surface area (Å²) in [5.41, 5.74) is 0.805. The fraction of sp³-hybridized carbons (Fsp3) is 0.462. The molecular weight excluding hydrogens is 255 g/mol. The Balaban J connectivity index is 1.81. The molecule has 0 saturated carbocycles. The second-order valence-corrected chi connectivity index (χ2v) is 5.29. The summed E-state index contributed by atoms with van der Waals surface area (Å²) in [4.78, 5) is 13.8. The molecule has 2 aliphatic heterocycles. The maximum absolute atomic E-state index is 13.0. The maximum atomic E-state index is 13.0. The molecule has 0 unspecified atom stereocenters. The fourth-order valence-electron chi connectivity index (χ4n) is 2.86. The number of fused-ring (bicyclic) bond motifs is 1. The Morgan fingerprint density at radius 2 is 2.33 bits per heavy atom. The summed E-state index contributed by atoms with van der Waals surface area (Å²) < 4.78 is 13.0. The summed E-state index contributed by atoms with van der Waals surface area (Å²) in [6, 6.07) is 4.87. The molecule has 0 bridgehead atoms. The zero-order valence-corrected chi connectivity index (χ0v) is 10.6. The Bertz CT molecular complexity index is 494. The largest absolute Gasteiger partial charge is 0.334 e. The van der Waals surface area contributed by atoms with Crippen molar-refractivity contribution in [2.24, 2.45) is 0 Å². The topological polar surface area (TPSA) is 32.3 Å². The van der Waals surface area contributed by atoms with Crippen LogP contribution in [0.15, 0.2) is 18.2 Å². The first-order valence-electron chi connectivity index (χ1n) is 6.12. The summed E-state index contributed by atoms with van der Waals surface area (Å²) in [6.45, 7) is 1.43. The fourth-order valence-corrected chi connectivity index (χ4v) is 3.09. The minimum Gasteiger partial charge on any atom is -0.334 e. The van der Waals surface area contributed by atoms with E-state index in [4.69, 9.17) is 11.6 Å². The van der Waals surface area contributed by atoms with Gasteiger partial charge in [-0.15, -0.1) is 0 Å². The van der Waals surface area contributed by atoms with E-state index in [1.54, 1.807) is 6.07 Å². The van der Waals surface area contributed by atoms with Crippen LogP contribution in [-0.2, 0) is 11.3 Å². The third-order valence-electron chi connectivity index (χ3n) is 3.78.